The minimum atomic E-state index is -0.624. The number of likely N-dealkylation sites (N-methyl/N-ethyl adjacent to an activating group) is 1. The summed E-state index contributed by atoms with van der Waals surface area (Å²) in [6.07, 6.45) is 1.81. The van der Waals surface area contributed by atoms with Crippen molar-refractivity contribution >= 4 is 23.3 Å². The van der Waals surface area contributed by atoms with Crippen LogP contribution in [0.2, 0.25) is 0 Å². The van der Waals surface area contributed by atoms with Crippen LogP contribution in [0, 0.1) is 11.3 Å². The van der Waals surface area contributed by atoms with E-state index in [0.29, 0.717) is 18.7 Å². The number of esters is 1. The molecule has 0 atom stereocenters. The van der Waals surface area contributed by atoms with Gasteiger partial charge in [-0.2, -0.15) is 5.26 Å². The van der Waals surface area contributed by atoms with E-state index >= 15 is 0 Å². The largest absolute Gasteiger partial charge is 0.464 e. The molecule has 3 rings (SSSR count). The van der Waals surface area contributed by atoms with E-state index in [1.54, 1.807) is 11.0 Å². The van der Waals surface area contributed by atoms with E-state index in [2.05, 4.69) is 0 Å². The molecule has 7 heteroatoms. The number of nitrogen functional groups attached to an aromatic ring is 1. The number of ether oxygens (including phenoxy) is 1. The molecule has 24 heavy (non-hydrogen) atoms. The van der Waals surface area contributed by atoms with Crippen molar-refractivity contribution in [1.29, 1.82) is 5.26 Å². The van der Waals surface area contributed by atoms with E-state index < -0.39 is 5.97 Å². The number of amides is 1. The molecule has 0 aliphatic carbocycles. The molecule has 1 aliphatic heterocycles. The van der Waals surface area contributed by atoms with Crippen LogP contribution >= 0.6 is 0 Å². The molecule has 0 unspecified atom stereocenters. The number of carbonyl (C=O) groups excluding carboxylic acids is 2. The monoisotopic (exact) mass is 324 g/mol. The van der Waals surface area contributed by atoms with Crippen LogP contribution in [-0.2, 0) is 16.0 Å². The molecular weight excluding hydrogens is 308 g/mol. The van der Waals surface area contributed by atoms with Gasteiger partial charge in [0, 0.05) is 24.1 Å². The molecule has 1 aromatic carbocycles. The van der Waals surface area contributed by atoms with Crippen molar-refractivity contribution in [2.45, 2.75) is 13.3 Å². The quantitative estimate of drug-likeness (QED) is 0.865. The van der Waals surface area contributed by atoms with E-state index in [1.165, 1.54) is 17.9 Å². The zero-order valence-electron chi connectivity index (χ0n) is 13.4. The first kappa shape index (κ1) is 15.6. The van der Waals surface area contributed by atoms with Crippen molar-refractivity contribution in [3.63, 3.8) is 0 Å². The second-order valence-electron chi connectivity index (χ2n) is 5.41. The Kier molecular flexibility index (Phi) is 3.73. The zero-order valence-corrected chi connectivity index (χ0v) is 13.4. The van der Waals surface area contributed by atoms with Gasteiger partial charge in [-0.15, -0.1) is 0 Å². The predicted molar refractivity (Wildman–Crippen MR) is 88.0 cm³/mol. The molecule has 2 aromatic rings. The molecule has 0 spiro atoms. The maximum absolute atomic E-state index is 12.0. The lowest BCUT2D eigenvalue weighted by molar-refractivity contribution is -0.117. The number of hydrogen-bond donors (Lipinski definition) is 1. The van der Waals surface area contributed by atoms with Crippen LogP contribution in [0.4, 0.5) is 11.4 Å². The molecular formula is C17H16N4O3. The van der Waals surface area contributed by atoms with E-state index in [0.717, 1.165) is 11.3 Å². The minimum absolute atomic E-state index is 0.0441. The second kappa shape index (κ2) is 5.74. The van der Waals surface area contributed by atoms with Crippen LogP contribution in [-0.4, -0.2) is 30.1 Å². The standard InChI is InChI=1S/C17H16N4O3/c1-3-20-13-5-4-12(6-10(13)7-14(20)22)21-9-11(8-18)15(19)16(21)17(23)24-2/h4-6,9H,3,7,19H2,1-2H3. The summed E-state index contributed by atoms with van der Waals surface area (Å²) in [5.74, 6) is -0.580. The first-order valence-corrected chi connectivity index (χ1v) is 7.44. The van der Waals surface area contributed by atoms with Crippen LogP contribution in [0.15, 0.2) is 24.4 Å². The fourth-order valence-corrected chi connectivity index (χ4v) is 2.98. The molecule has 0 saturated carbocycles. The second-order valence-corrected chi connectivity index (χ2v) is 5.41. The highest BCUT2D eigenvalue weighted by Crippen LogP contribution is 2.32. The maximum atomic E-state index is 12.0. The molecule has 1 aromatic heterocycles. The molecule has 2 N–H and O–H groups in total. The van der Waals surface area contributed by atoms with Crippen molar-refractivity contribution in [2.75, 3.05) is 24.3 Å². The number of benzene rings is 1. The lowest BCUT2D eigenvalue weighted by atomic mass is 10.1. The minimum Gasteiger partial charge on any atom is -0.464 e. The van der Waals surface area contributed by atoms with Gasteiger partial charge >= 0.3 is 5.97 Å². The zero-order chi connectivity index (χ0) is 17.4. The van der Waals surface area contributed by atoms with E-state index in [9.17, 15) is 9.59 Å². The van der Waals surface area contributed by atoms with Gasteiger partial charge in [0.1, 0.15) is 6.07 Å². The van der Waals surface area contributed by atoms with Crippen LogP contribution in [0.1, 0.15) is 28.5 Å². The summed E-state index contributed by atoms with van der Waals surface area (Å²) in [6, 6.07) is 7.41. The third kappa shape index (κ3) is 2.20. The fraction of sp³-hybridized carbons (Fsp3) is 0.235. The number of fused-ring (bicyclic) bond motifs is 1. The molecule has 0 radical (unpaired) electrons. The van der Waals surface area contributed by atoms with Crippen LogP contribution in [0.3, 0.4) is 0 Å². The summed E-state index contributed by atoms with van der Waals surface area (Å²) in [7, 11) is 1.26. The topological polar surface area (TPSA) is 101 Å². The van der Waals surface area contributed by atoms with Gasteiger partial charge in [0.2, 0.25) is 5.91 Å². The number of aromatic nitrogens is 1. The van der Waals surface area contributed by atoms with E-state index in [4.69, 9.17) is 15.7 Å². The molecule has 1 aliphatic rings. The molecule has 122 valence electrons. The summed E-state index contributed by atoms with van der Waals surface area (Å²) in [4.78, 5) is 25.8. The van der Waals surface area contributed by atoms with E-state index in [-0.39, 0.29) is 22.9 Å². The molecule has 0 bridgehead atoms. The summed E-state index contributed by atoms with van der Waals surface area (Å²) in [5.41, 5.74) is 8.67. The first-order chi connectivity index (χ1) is 11.5. The molecule has 0 saturated heterocycles. The highest BCUT2D eigenvalue weighted by atomic mass is 16.5. The predicted octanol–water partition coefficient (Wildman–Crippen LogP) is 1.63. The van der Waals surface area contributed by atoms with Gasteiger partial charge in [0.25, 0.3) is 0 Å². The molecule has 0 fully saturated rings. The summed E-state index contributed by atoms with van der Waals surface area (Å²) in [5, 5.41) is 9.17. The van der Waals surface area contributed by atoms with Crippen LogP contribution in [0.5, 0.6) is 0 Å². The van der Waals surface area contributed by atoms with Gasteiger partial charge in [-0.3, -0.25) is 4.79 Å². The molecule has 7 nitrogen and oxygen atoms in total. The average Bonchev–Trinajstić information content (AvgIpc) is 3.09. The molecule has 2 heterocycles. The van der Waals surface area contributed by atoms with Gasteiger partial charge in [0.05, 0.1) is 24.8 Å². The maximum Gasteiger partial charge on any atom is 0.357 e. The Labute approximate surface area is 138 Å². The number of nitrogens with zero attached hydrogens (tertiary/aromatic N) is 3. The fourth-order valence-electron chi connectivity index (χ4n) is 2.98. The Morgan fingerprint density at radius 1 is 1.46 bits per heavy atom. The van der Waals surface area contributed by atoms with Gasteiger partial charge in [-0.25, -0.2) is 4.79 Å². The highest BCUT2D eigenvalue weighted by molar-refractivity contribution is 6.01. The number of rotatable bonds is 3. The number of nitrogens with two attached hydrogens (primary N) is 1. The van der Waals surface area contributed by atoms with Crippen LogP contribution in [0.25, 0.3) is 5.69 Å². The summed E-state index contributed by atoms with van der Waals surface area (Å²) < 4.78 is 6.30. The molecule has 1 amide bonds. The first-order valence-electron chi connectivity index (χ1n) is 7.44. The Morgan fingerprint density at radius 2 is 2.21 bits per heavy atom. The van der Waals surface area contributed by atoms with Crippen molar-refractivity contribution in [3.8, 4) is 11.8 Å². The van der Waals surface area contributed by atoms with Crippen molar-refractivity contribution < 1.29 is 14.3 Å². The number of hydrogen-bond acceptors (Lipinski definition) is 5. The van der Waals surface area contributed by atoms with Crippen molar-refractivity contribution in [1.82, 2.24) is 4.57 Å². The number of methoxy groups -OCH3 is 1. The summed E-state index contributed by atoms with van der Waals surface area (Å²) >= 11 is 0. The van der Waals surface area contributed by atoms with E-state index in [1.807, 2.05) is 25.1 Å². The van der Waals surface area contributed by atoms with Crippen molar-refractivity contribution in [3.05, 3.63) is 41.2 Å². The Balaban J connectivity index is 2.15. The Hall–Kier alpha value is -3.27. The van der Waals surface area contributed by atoms with Gasteiger partial charge in [-0.1, -0.05) is 0 Å². The SMILES string of the molecule is CCN1C(=O)Cc2cc(-n3cc(C#N)c(N)c3C(=O)OC)ccc21. The summed E-state index contributed by atoms with van der Waals surface area (Å²) in [6.45, 7) is 2.52. The van der Waals surface area contributed by atoms with Gasteiger partial charge in [-0.05, 0) is 30.7 Å². The number of carbonyl (C=O) groups is 2. The number of anilines is 2. The number of nitriles is 1. The Bertz CT molecular complexity index is 892. The highest BCUT2D eigenvalue weighted by Gasteiger charge is 2.27. The third-order valence-electron chi connectivity index (χ3n) is 4.13. The Morgan fingerprint density at radius 3 is 2.83 bits per heavy atom. The van der Waals surface area contributed by atoms with Crippen molar-refractivity contribution in [2.24, 2.45) is 0 Å². The average molecular weight is 324 g/mol. The lowest BCUT2D eigenvalue weighted by Gasteiger charge is -2.15. The smallest absolute Gasteiger partial charge is 0.357 e. The third-order valence-corrected chi connectivity index (χ3v) is 4.13. The normalized spacial score (nSPS) is 12.9. The lowest BCUT2D eigenvalue weighted by Crippen LogP contribution is -2.25. The van der Waals surface area contributed by atoms with Gasteiger partial charge < -0.3 is 19.9 Å². The van der Waals surface area contributed by atoms with Crippen LogP contribution < -0.4 is 10.6 Å². The van der Waals surface area contributed by atoms with Gasteiger partial charge in [0.15, 0.2) is 5.69 Å².